The molecule has 19 heavy (non-hydrogen) atoms. The van der Waals surface area contributed by atoms with Gasteiger partial charge in [-0.25, -0.2) is 13.6 Å². The quantitative estimate of drug-likeness (QED) is 0.239. The third-order valence-electron chi connectivity index (χ3n) is 2.92. The van der Waals surface area contributed by atoms with Crippen molar-refractivity contribution in [3.63, 3.8) is 0 Å². The lowest BCUT2D eigenvalue weighted by Gasteiger charge is -2.09. The molecule has 0 spiro atoms. The summed E-state index contributed by atoms with van der Waals surface area (Å²) < 4.78 is 30.0. The molecule has 0 aliphatic carbocycles. The molecule has 0 fully saturated rings. The minimum Gasteiger partial charge on any atom is -0.463 e. The Balaban J connectivity index is 3.11. The maximum atomic E-state index is 12.6. The number of hydrogen-bond acceptors (Lipinski definition) is 2. The number of carbonyl (C=O) groups excluding carboxylic acids is 1. The van der Waals surface area contributed by atoms with Crippen LogP contribution in [-0.2, 0) is 9.53 Å². The molecular weight excluding hydrogens is 266 g/mol. The second kappa shape index (κ2) is 11.1. The minimum atomic E-state index is -2.37. The highest BCUT2D eigenvalue weighted by molar-refractivity contribution is 6.13. The summed E-state index contributed by atoms with van der Waals surface area (Å²) in [5.74, 6) is -0.365. The van der Waals surface area contributed by atoms with Crippen LogP contribution in [0.5, 0.6) is 0 Å². The second-order valence-electron chi connectivity index (χ2n) is 5.02. The first kappa shape index (κ1) is 18.3. The number of unbranched alkanes of at least 4 members (excludes halogenated alkanes) is 7. The maximum Gasteiger partial charge on any atom is 0.330 e. The molecule has 0 heterocycles. The van der Waals surface area contributed by atoms with E-state index in [0.717, 1.165) is 44.9 Å². The Bertz CT molecular complexity index is 252. The molecule has 0 atom stereocenters. The van der Waals surface area contributed by atoms with Crippen molar-refractivity contribution in [1.82, 2.24) is 0 Å². The van der Waals surface area contributed by atoms with Crippen molar-refractivity contribution >= 4 is 16.2 Å². The largest absolute Gasteiger partial charge is 0.463 e. The standard InChI is InChI=1S/C14H26F2O2Si/c1-2-13(17)18-12-10-8-6-4-3-5-7-9-11-14(15,16)19/h2H,1,3-12H2,19H3. The van der Waals surface area contributed by atoms with Crippen molar-refractivity contribution in [2.24, 2.45) is 0 Å². The fourth-order valence-electron chi connectivity index (χ4n) is 1.83. The molecule has 0 aliphatic rings. The topological polar surface area (TPSA) is 26.3 Å². The highest BCUT2D eigenvalue weighted by Crippen LogP contribution is 2.18. The smallest absolute Gasteiger partial charge is 0.330 e. The van der Waals surface area contributed by atoms with E-state index in [1.165, 1.54) is 6.08 Å². The van der Waals surface area contributed by atoms with Crippen LogP contribution in [0.4, 0.5) is 8.78 Å². The lowest BCUT2D eigenvalue weighted by Crippen LogP contribution is -2.14. The fourth-order valence-corrected chi connectivity index (χ4v) is 2.18. The van der Waals surface area contributed by atoms with Crippen LogP contribution in [0.25, 0.3) is 0 Å². The highest BCUT2D eigenvalue weighted by Gasteiger charge is 2.18. The molecule has 0 aromatic rings. The van der Waals surface area contributed by atoms with Crippen LogP contribution in [0, 0.1) is 0 Å². The van der Waals surface area contributed by atoms with Gasteiger partial charge in [-0.3, -0.25) is 0 Å². The normalized spacial score (nSPS) is 11.5. The molecule has 0 saturated carbocycles. The van der Waals surface area contributed by atoms with E-state index in [-0.39, 0.29) is 22.6 Å². The second-order valence-corrected chi connectivity index (χ2v) is 6.48. The molecule has 112 valence electrons. The SMILES string of the molecule is C=CC(=O)OCCCCCCCCCCC(F)(F)[SiH3]. The van der Waals surface area contributed by atoms with Gasteiger partial charge in [-0.05, 0) is 12.8 Å². The Hall–Kier alpha value is -0.713. The van der Waals surface area contributed by atoms with E-state index < -0.39 is 5.55 Å². The molecule has 0 aromatic heterocycles. The van der Waals surface area contributed by atoms with Crippen LogP contribution in [0.1, 0.15) is 57.8 Å². The summed E-state index contributed by atoms with van der Waals surface area (Å²) in [4.78, 5) is 10.7. The Morgan fingerprint density at radius 3 is 2.00 bits per heavy atom. The van der Waals surface area contributed by atoms with Crippen molar-refractivity contribution < 1.29 is 18.3 Å². The Morgan fingerprint density at radius 2 is 1.53 bits per heavy atom. The molecule has 0 rings (SSSR count). The number of hydrogen-bond donors (Lipinski definition) is 0. The summed E-state index contributed by atoms with van der Waals surface area (Å²) in [5.41, 5.74) is -2.37. The van der Waals surface area contributed by atoms with Gasteiger partial charge < -0.3 is 4.74 Å². The monoisotopic (exact) mass is 292 g/mol. The molecule has 0 saturated heterocycles. The van der Waals surface area contributed by atoms with Gasteiger partial charge >= 0.3 is 5.97 Å². The highest BCUT2D eigenvalue weighted by atomic mass is 28.1. The molecule has 0 aromatic carbocycles. The zero-order valence-electron chi connectivity index (χ0n) is 11.9. The molecule has 0 N–H and O–H groups in total. The van der Waals surface area contributed by atoms with E-state index in [2.05, 4.69) is 6.58 Å². The number of halogens is 2. The van der Waals surface area contributed by atoms with Crippen LogP contribution in [0.3, 0.4) is 0 Å². The predicted octanol–water partition coefficient (Wildman–Crippen LogP) is 3.18. The summed E-state index contributed by atoms with van der Waals surface area (Å²) in [5, 5.41) is 0. The summed E-state index contributed by atoms with van der Waals surface area (Å²) in [7, 11) is -0.0278. The number of esters is 1. The van der Waals surface area contributed by atoms with Crippen molar-refractivity contribution in [3.8, 4) is 0 Å². The molecule has 0 aliphatic heterocycles. The van der Waals surface area contributed by atoms with Gasteiger partial charge in [0.1, 0.15) is 0 Å². The predicted molar refractivity (Wildman–Crippen MR) is 77.6 cm³/mol. The Kier molecular flexibility index (Phi) is 10.7. The van der Waals surface area contributed by atoms with Crippen molar-refractivity contribution in [1.29, 1.82) is 0 Å². The van der Waals surface area contributed by atoms with Crippen molar-refractivity contribution in [2.45, 2.75) is 63.3 Å². The fraction of sp³-hybridized carbons (Fsp3) is 0.786. The van der Waals surface area contributed by atoms with Gasteiger partial charge in [-0.15, -0.1) is 0 Å². The zero-order chi connectivity index (χ0) is 14.6. The average Bonchev–Trinajstić information content (AvgIpc) is 2.34. The van der Waals surface area contributed by atoms with Gasteiger partial charge in [0.05, 0.1) is 16.8 Å². The van der Waals surface area contributed by atoms with E-state index in [0.29, 0.717) is 13.0 Å². The van der Waals surface area contributed by atoms with E-state index in [1.54, 1.807) is 0 Å². The molecule has 0 unspecified atom stereocenters. The summed E-state index contributed by atoms with van der Waals surface area (Å²) >= 11 is 0. The molecule has 2 nitrogen and oxygen atoms in total. The van der Waals surface area contributed by atoms with Crippen LogP contribution >= 0.6 is 0 Å². The van der Waals surface area contributed by atoms with Gasteiger partial charge in [0.25, 0.3) is 0 Å². The van der Waals surface area contributed by atoms with Crippen LogP contribution in [-0.4, -0.2) is 28.4 Å². The van der Waals surface area contributed by atoms with Crippen LogP contribution < -0.4 is 0 Å². The Labute approximate surface area is 118 Å². The summed E-state index contributed by atoms with van der Waals surface area (Å²) in [6.07, 6.45) is 9.12. The molecular formula is C14H26F2O2Si. The van der Waals surface area contributed by atoms with Gasteiger partial charge in [0.15, 0.2) is 0 Å². The van der Waals surface area contributed by atoms with E-state index in [4.69, 9.17) is 4.74 Å². The van der Waals surface area contributed by atoms with E-state index >= 15 is 0 Å². The average molecular weight is 292 g/mol. The van der Waals surface area contributed by atoms with Gasteiger partial charge in [-0.1, -0.05) is 45.1 Å². The zero-order valence-corrected chi connectivity index (χ0v) is 13.9. The van der Waals surface area contributed by atoms with Gasteiger partial charge in [-0.2, -0.15) is 0 Å². The molecule has 5 heteroatoms. The number of ether oxygens (including phenoxy) is 1. The first-order chi connectivity index (χ1) is 8.95. The summed E-state index contributed by atoms with van der Waals surface area (Å²) in [6, 6.07) is 0. The number of alkyl halides is 2. The number of rotatable bonds is 12. The van der Waals surface area contributed by atoms with Crippen molar-refractivity contribution in [2.75, 3.05) is 6.61 Å². The van der Waals surface area contributed by atoms with E-state index in [9.17, 15) is 13.6 Å². The summed E-state index contributed by atoms with van der Waals surface area (Å²) in [6.45, 7) is 3.78. The lowest BCUT2D eigenvalue weighted by molar-refractivity contribution is -0.137. The maximum absolute atomic E-state index is 12.6. The van der Waals surface area contributed by atoms with Crippen LogP contribution in [0.15, 0.2) is 12.7 Å². The number of carbonyl (C=O) groups is 1. The van der Waals surface area contributed by atoms with Crippen molar-refractivity contribution in [3.05, 3.63) is 12.7 Å². The first-order valence-electron chi connectivity index (χ1n) is 7.13. The Morgan fingerprint density at radius 1 is 1.05 bits per heavy atom. The molecule has 0 bridgehead atoms. The first-order valence-corrected chi connectivity index (χ1v) is 8.13. The van der Waals surface area contributed by atoms with Crippen LogP contribution in [0.2, 0.25) is 0 Å². The molecule has 0 amide bonds. The third-order valence-corrected chi connectivity index (χ3v) is 3.42. The third kappa shape index (κ3) is 15.2. The van der Waals surface area contributed by atoms with Gasteiger partial charge in [0, 0.05) is 12.5 Å². The lowest BCUT2D eigenvalue weighted by atomic mass is 10.1. The minimum absolute atomic E-state index is 0.0278. The van der Waals surface area contributed by atoms with Gasteiger partial charge in [0.2, 0.25) is 5.55 Å². The van der Waals surface area contributed by atoms with E-state index in [1.807, 2.05) is 0 Å². The molecule has 0 radical (unpaired) electrons.